The summed E-state index contributed by atoms with van der Waals surface area (Å²) in [7, 11) is 0. The van der Waals surface area contributed by atoms with Crippen molar-refractivity contribution in [2.24, 2.45) is 0 Å². The molecule has 0 N–H and O–H groups in total. The number of ether oxygens (including phenoxy) is 1. The van der Waals surface area contributed by atoms with Gasteiger partial charge in [-0.2, -0.15) is 0 Å². The zero-order valence-electron chi connectivity index (χ0n) is 13.9. The van der Waals surface area contributed by atoms with Crippen LogP contribution in [0.4, 0.5) is 0 Å². The van der Waals surface area contributed by atoms with Crippen molar-refractivity contribution in [1.29, 1.82) is 0 Å². The number of thioether (sulfide) groups is 1. The standard InChI is InChI=1S/C20H20N2O2S/c23-19-17-10-4-5-11-18(17)21-20(22(19)13-16-9-6-12-24-16)25-14-15-7-2-1-3-8-15/h1-5,7-8,10-11,16H,6,9,12-14H2/t16-/m0/s1. The van der Waals surface area contributed by atoms with Crippen LogP contribution in [0.1, 0.15) is 18.4 Å². The van der Waals surface area contributed by atoms with Gasteiger partial charge in [0.05, 0.1) is 23.6 Å². The lowest BCUT2D eigenvalue weighted by Crippen LogP contribution is -2.28. The minimum atomic E-state index is 0.0247. The van der Waals surface area contributed by atoms with Crippen LogP contribution in [-0.2, 0) is 17.0 Å². The molecule has 25 heavy (non-hydrogen) atoms. The first kappa shape index (κ1) is 16.4. The molecule has 0 unspecified atom stereocenters. The number of hydrogen-bond donors (Lipinski definition) is 0. The molecule has 128 valence electrons. The lowest BCUT2D eigenvalue weighted by molar-refractivity contribution is 0.0937. The Kier molecular flexibility index (Phi) is 4.85. The molecule has 1 aromatic heterocycles. The van der Waals surface area contributed by atoms with Crippen molar-refractivity contribution in [1.82, 2.24) is 9.55 Å². The SMILES string of the molecule is O=c1c2ccccc2nc(SCc2ccccc2)n1C[C@@H]1CCCO1. The predicted octanol–water partition coefficient (Wildman–Crippen LogP) is 3.87. The van der Waals surface area contributed by atoms with E-state index in [1.807, 2.05) is 42.5 Å². The van der Waals surface area contributed by atoms with E-state index in [-0.39, 0.29) is 11.7 Å². The van der Waals surface area contributed by atoms with Crippen LogP contribution >= 0.6 is 11.8 Å². The van der Waals surface area contributed by atoms with E-state index in [1.165, 1.54) is 5.56 Å². The summed E-state index contributed by atoms with van der Waals surface area (Å²) in [6.45, 7) is 1.36. The molecule has 4 nitrogen and oxygen atoms in total. The second-order valence-electron chi connectivity index (χ2n) is 6.24. The number of fused-ring (bicyclic) bond motifs is 1. The van der Waals surface area contributed by atoms with Gasteiger partial charge in [-0.25, -0.2) is 4.98 Å². The summed E-state index contributed by atoms with van der Waals surface area (Å²) in [5, 5.41) is 1.44. The molecule has 0 saturated carbocycles. The molecular formula is C20H20N2O2S. The van der Waals surface area contributed by atoms with Crippen LogP contribution < -0.4 is 5.56 Å². The summed E-state index contributed by atoms with van der Waals surface area (Å²) < 4.78 is 7.54. The maximum atomic E-state index is 13.0. The van der Waals surface area contributed by atoms with Gasteiger partial charge in [-0.3, -0.25) is 9.36 Å². The molecule has 1 saturated heterocycles. The molecule has 3 aromatic rings. The molecule has 0 spiro atoms. The van der Waals surface area contributed by atoms with E-state index in [4.69, 9.17) is 9.72 Å². The maximum absolute atomic E-state index is 13.0. The van der Waals surface area contributed by atoms with Gasteiger partial charge >= 0.3 is 0 Å². The van der Waals surface area contributed by atoms with Crippen molar-refractivity contribution < 1.29 is 4.74 Å². The largest absolute Gasteiger partial charge is 0.376 e. The van der Waals surface area contributed by atoms with Crippen LogP contribution in [0.5, 0.6) is 0 Å². The van der Waals surface area contributed by atoms with Gasteiger partial charge < -0.3 is 4.74 Å². The summed E-state index contributed by atoms with van der Waals surface area (Å²) in [6, 6.07) is 17.8. The fraction of sp³-hybridized carbons (Fsp3) is 0.300. The summed E-state index contributed by atoms with van der Waals surface area (Å²) in [5.74, 6) is 0.789. The van der Waals surface area contributed by atoms with E-state index in [9.17, 15) is 4.79 Å². The van der Waals surface area contributed by atoms with Crippen LogP contribution in [0.3, 0.4) is 0 Å². The Balaban J connectivity index is 1.70. The van der Waals surface area contributed by atoms with Crippen molar-refractivity contribution in [2.75, 3.05) is 6.61 Å². The normalized spacial score (nSPS) is 17.2. The molecule has 0 amide bonds. The van der Waals surface area contributed by atoms with Crippen molar-refractivity contribution in [3.8, 4) is 0 Å². The quantitative estimate of drug-likeness (QED) is 0.516. The van der Waals surface area contributed by atoms with Gasteiger partial charge in [0.2, 0.25) is 0 Å². The van der Waals surface area contributed by atoms with Gasteiger partial charge in [-0.05, 0) is 30.5 Å². The van der Waals surface area contributed by atoms with Crippen LogP contribution in [0, 0.1) is 0 Å². The van der Waals surface area contributed by atoms with Gasteiger partial charge in [-0.1, -0.05) is 54.2 Å². The summed E-state index contributed by atoms with van der Waals surface area (Å²) in [6.07, 6.45) is 2.17. The molecule has 2 aromatic carbocycles. The Morgan fingerprint density at radius 1 is 1.12 bits per heavy atom. The second kappa shape index (κ2) is 7.42. The molecule has 1 atom stereocenters. The Morgan fingerprint density at radius 2 is 1.92 bits per heavy atom. The fourth-order valence-corrected chi connectivity index (χ4v) is 4.10. The van der Waals surface area contributed by atoms with Gasteiger partial charge in [0.1, 0.15) is 0 Å². The summed E-state index contributed by atoms with van der Waals surface area (Å²) in [5.41, 5.74) is 2.00. The Labute approximate surface area is 150 Å². The number of para-hydroxylation sites is 1. The van der Waals surface area contributed by atoms with E-state index < -0.39 is 0 Å². The molecule has 0 radical (unpaired) electrons. The minimum Gasteiger partial charge on any atom is -0.376 e. The third-order valence-electron chi connectivity index (χ3n) is 4.45. The zero-order chi connectivity index (χ0) is 17.1. The van der Waals surface area contributed by atoms with Crippen molar-refractivity contribution in [2.45, 2.75) is 36.4 Å². The Morgan fingerprint density at radius 3 is 2.72 bits per heavy atom. The summed E-state index contributed by atoms with van der Waals surface area (Å²) in [4.78, 5) is 17.8. The number of benzene rings is 2. The van der Waals surface area contributed by atoms with E-state index in [1.54, 1.807) is 16.3 Å². The Hall–Kier alpha value is -2.11. The first-order valence-corrected chi connectivity index (χ1v) is 9.58. The van der Waals surface area contributed by atoms with E-state index in [0.717, 1.165) is 35.9 Å². The number of hydrogen-bond acceptors (Lipinski definition) is 4. The highest BCUT2D eigenvalue weighted by atomic mass is 32.2. The van der Waals surface area contributed by atoms with Gasteiger partial charge in [0, 0.05) is 12.4 Å². The molecule has 2 heterocycles. The highest BCUT2D eigenvalue weighted by Gasteiger charge is 2.20. The highest BCUT2D eigenvalue weighted by Crippen LogP contribution is 2.23. The first-order valence-electron chi connectivity index (χ1n) is 8.59. The minimum absolute atomic E-state index is 0.0247. The van der Waals surface area contributed by atoms with Crippen molar-refractivity contribution in [3.63, 3.8) is 0 Å². The maximum Gasteiger partial charge on any atom is 0.262 e. The van der Waals surface area contributed by atoms with Gasteiger partial charge in [0.15, 0.2) is 5.16 Å². The highest BCUT2D eigenvalue weighted by molar-refractivity contribution is 7.98. The molecule has 1 fully saturated rings. The fourth-order valence-electron chi connectivity index (χ4n) is 3.13. The molecule has 5 heteroatoms. The van der Waals surface area contributed by atoms with E-state index in [2.05, 4.69) is 12.1 Å². The third-order valence-corrected chi connectivity index (χ3v) is 5.50. The van der Waals surface area contributed by atoms with Gasteiger partial charge in [0.25, 0.3) is 5.56 Å². The number of aromatic nitrogens is 2. The molecular weight excluding hydrogens is 332 g/mol. The van der Waals surface area contributed by atoms with Crippen molar-refractivity contribution in [3.05, 3.63) is 70.5 Å². The second-order valence-corrected chi connectivity index (χ2v) is 7.18. The van der Waals surface area contributed by atoms with Crippen LogP contribution in [0.15, 0.2) is 64.5 Å². The van der Waals surface area contributed by atoms with Gasteiger partial charge in [-0.15, -0.1) is 0 Å². The predicted molar refractivity (Wildman–Crippen MR) is 101 cm³/mol. The lowest BCUT2D eigenvalue weighted by atomic mass is 10.2. The Bertz CT molecular complexity index is 918. The topological polar surface area (TPSA) is 44.1 Å². The molecule has 0 aliphatic carbocycles. The summed E-state index contributed by atoms with van der Waals surface area (Å²) >= 11 is 1.61. The molecule has 4 rings (SSSR count). The van der Waals surface area contributed by atoms with E-state index in [0.29, 0.717) is 11.9 Å². The number of rotatable bonds is 5. The monoisotopic (exact) mass is 352 g/mol. The van der Waals surface area contributed by atoms with Crippen molar-refractivity contribution >= 4 is 22.7 Å². The molecule has 1 aliphatic heterocycles. The van der Waals surface area contributed by atoms with Crippen LogP contribution in [0.25, 0.3) is 10.9 Å². The number of nitrogens with zero attached hydrogens (tertiary/aromatic N) is 2. The van der Waals surface area contributed by atoms with E-state index >= 15 is 0 Å². The smallest absolute Gasteiger partial charge is 0.262 e. The van der Waals surface area contributed by atoms with Crippen LogP contribution in [-0.4, -0.2) is 22.3 Å². The first-order chi connectivity index (χ1) is 12.3. The zero-order valence-corrected chi connectivity index (χ0v) is 14.7. The molecule has 0 bridgehead atoms. The average molecular weight is 352 g/mol. The average Bonchev–Trinajstić information content (AvgIpc) is 3.17. The van der Waals surface area contributed by atoms with Crippen LogP contribution in [0.2, 0.25) is 0 Å². The lowest BCUT2D eigenvalue weighted by Gasteiger charge is -2.16. The third kappa shape index (κ3) is 3.62. The molecule has 1 aliphatic rings.